The molecule has 1 aromatic heterocycles. The van der Waals surface area contributed by atoms with Gasteiger partial charge in [-0.25, -0.2) is 4.98 Å². The number of aromatic nitrogens is 3. The molecule has 8 heteroatoms. The number of carbonyl (C=O) groups excluding carboxylic acids is 1. The number of likely N-dealkylation sites (tertiary alicyclic amines) is 2. The van der Waals surface area contributed by atoms with E-state index < -0.39 is 0 Å². The molecule has 3 aliphatic rings. The van der Waals surface area contributed by atoms with Crippen LogP contribution in [0.5, 0.6) is 0 Å². The van der Waals surface area contributed by atoms with Crippen molar-refractivity contribution in [2.75, 3.05) is 36.4 Å². The van der Waals surface area contributed by atoms with Gasteiger partial charge < -0.3 is 15.1 Å². The van der Waals surface area contributed by atoms with Crippen LogP contribution in [-0.4, -0.2) is 63.1 Å². The van der Waals surface area contributed by atoms with E-state index in [4.69, 9.17) is 4.98 Å². The van der Waals surface area contributed by atoms with Crippen LogP contribution in [0.25, 0.3) is 22.5 Å². The summed E-state index contributed by atoms with van der Waals surface area (Å²) in [6.45, 7) is 8.12. The molecule has 0 spiro atoms. The Bertz CT molecular complexity index is 1530. The third kappa shape index (κ3) is 5.15. The normalized spacial score (nSPS) is 17.7. The Balaban J connectivity index is 1.05. The first-order valence-electron chi connectivity index (χ1n) is 14.5. The Kier molecular flexibility index (Phi) is 6.84. The van der Waals surface area contributed by atoms with E-state index in [1.165, 1.54) is 16.9 Å². The lowest BCUT2D eigenvalue weighted by atomic mass is 9.98. The number of amides is 1. The van der Waals surface area contributed by atoms with Crippen LogP contribution < -0.4 is 10.2 Å². The van der Waals surface area contributed by atoms with Crippen LogP contribution in [0.3, 0.4) is 0 Å². The van der Waals surface area contributed by atoms with E-state index in [0.717, 1.165) is 55.0 Å². The average Bonchev–Trinajstić information content (AvgIpc) is 3.42. The fourth-order valence-electron chi connectivity index (χ4n) is 6.12. The Labute approximate surface area is 241 Å². The molecule has 0 bridgehead atoms. The standard InChI is InChI=1S/C33H34N7O/c1-23(41)39-20-27(21-39)33-35-31(32(36-37-33)25-7-3-2-4-8-25)26-13-11-24(12-14-26)19-38-17-15-28(16-18-38)40-22-34-29-9-5-6-10-30(29)40/h2-14,22,27-28,34H,15-21H2,1H3. The third-order valence-corrected chi connectivity index (χ3v) is 8.57. The molecule has 4 aromatic rings. The van der Waals surface area contributed by atoms with Gasteiger partial charge in [0.1, 0.15) is 18.1 Å². The molecule has 1 amide bonds. The minimum absolute atomic E-state index is 0.0897. The van der Waals surface area contributed by atoms with Crippen molar-refractivity contribution in [3.05, 3.63) is 96.9 Å². The molecule has 1 N–H and O–H groups in total. The summed E-state index contributed by atoms with van der Waals surface area (Å²) in [6, 6.07) is 27.9. The molecule has 0 saturated carbocycles. The molecule has 4 heterocycles. The van der Waals surface area contributed by atoms with Crippen molar-refractivity contribution in [3.63, 3.8) is 0 Å². The van der Waals surface area contributed by atoms with Crippen LogP contribution in [0, 0.1) is 6.67 Å². The number of carbonyl (C=O) groups is 1. The van der Waals surface area contributed by atoms with E-state index >= 15 is 0 Å². The van der Waals surface area contributed by atoms with Crippen molar-refractivity contribution in [1.29, 1.82) is 0 Å². The largest absolute Gasteiger partial charge is 0.360 e. The van der Waals surface area contributed by atoms with E-state index in [0.29, 0.717) is 25.0 Å². The number of nitrogens with zero attached hydrogens (tertiary/aromatic N) is 6. The fraction of sp³-hybridized carbons (Fsp3) is 0.303. The highest BCUT2D eigenvalue weighted by Crippen LogP contribution is 2.37. The molecule has 8 nitrogen and oxygen atoms in total. The minimum atomic E-state index is 0.0897. The van der Waals surface area contributed by atoms with Crippen LogP contribution in [0.2, 0.25) is 0 Å². The van der Waals surface area contributed by atoms with Crippen molar-refractivity contribution >= 4 is 17.3 Å². The zero-order valence-electron chi connectivity index (χ0n) is 23.3. The number of hydrogen-bond donors (Lipinski definition) is 1. The number of fused-ring (bicyclic) bond motifs is 1. The molecule has 1 radical (unpaired) electrons. The highest BCUT2D eigenvalue weighted by molar-refractivity contribution is 5.78. The Morgan fingerprint density at radius 1 is 0.854 bits per heavy atom. The summed E-state index contributed by atoms with van der Waals surface area (Å²) < 4.78 is 0. The van der Waals surface area contributed by atoms with Gasteiger partial charge in [-0.1, -0.05) is 66.7 Å². The summed E-state index contributed by atoms with van der Waals surface area (Å²) >= 11 is 0. The van der Waals surface area contributed by atoms with Gasteiger partial charge in [0.25, 0.3) is 0 Å². The summed E-state index contributed by atoms with van der Waals surface area (Å²) in [5, 5.41) is 12.5. The zero-order valence-corrected chi connectivity index (χ0v) is 23.3. The van der Waals surface area contributed by atoms with Gasteiger partial charge in [0.05, 0.1) is 17.3 Å². The lowest BCUT2D eigenvalue weighted by Crippen LogP contribution is -2.48. The Morgan fingerprint density at radius 2 is 1.56 bits per heavy atom. The predicted molar refractivity (Wildman–Crippen MR) is 161 cm³/mol. The quantitative estimate of drug-likeness (QED) is 0.359. The number of piperidine rings is 1. The lowest BCUT2D eigenvalue weighted by molar-refractivity contribution is -0.133. The van der Waals surface area contributed by atoms with Gasteiger partial charge in [0.15, 0.2) is 5.82 Å². The molecule has 3 aromatic carbocycles. The maximum Gasteiger partial charge on any atom is 0.219 e. The topological polar surface area (TPSA) is 77.5 Å². The lowest BCUT2D eigenvalue weighted by Gasteiger charge is -2.37. The summed E-state index contributed by atoms with van der Waals surface area (Å²) in [7, 11) is 0. The van der Waals surface area contributed by atoms with Crippen molar-refractivity contribution in [2.24, 2.45) is 0 Å². The van der Waals surface area contributed by atoms with Crippen LogP contribution >= 0.6 is 0 Å². The maximum atomic E-state index is 11.7. The van der Waals surface area contributed by atoms with Gasteiger partial charge in [-0.2, -0.15) is 0 Å². The molecule has 0 aliphatic carbocycles. The van der Waals surface area contributed by atoms with Crippen molar-refractivity contribution in [2.45, 2.75) is 38.3 Å². The SMILES string of the molecule is CC(=O)N1CC(c2nnc(-c3ccccc3)c(-c3ccc(CN4CCC(N5[CH]Nc6ccccc65)CC4)cc3)n2)C1. The van der Waals surface area contributed by atoms with Gasteiger partial charge in [0, 0.05) is 56.8 Å². The first kappa shape index (κ1) is 25.7. The van der Waals surface area contributed by atoms with Crippen molar-refractivity contribution in [3.8, 4) is 22.5 Å². The molecule has 0 unspecified atom stereocenters. The van der Waals surface area contributed by atoms with Crippen LogP contribution in [0.1, 0.15) is 37.1 Å². The predicted octanol–water partition coefficient (Wildman–Crippen LogP) is 5.17. The second kappa shape index (κ2) is 10.9. The second-order valence-corrected chi connectivity index (χ2v) is 11.3. The van der Waals surface area contributed by atoms with E-state index in [9.17, 15) is 4.79 Å². The Hall–Kier alpha value is -4.30. The Morgan fingerprint density at radius 3 is 2.32 bits per heavy atom. The number of rotatable bonds is 6. The monoisotopic (exact) mass is 544 g/mol. The van der Waals surface area contributed by atoms with E-state index in [1.807, 2.05) is 35.2 Å². The first-order chi connectivity index (χ1) is 20.1. The number of benzene rings is 3. The summed E-state index contributed by atoms with van der Waals surface area (Å²) in [5.41, 5.74) is 7.42. The number of hydrogen-bond acceptors (Lipinski definition) is 7. The second-order valence-electron chi connectivity index (χ2n) is 11.3. The van der Waals surface area contributed by atoms with Gasteiger partial charge in [-0.05, 0) is 30.5 Å². The first-order valence-corrected chi connectivity index (χ1v) is 14.5. The van der Waals surface area contributed by atoms with Crippen LogP contribution in [0.4, 0.5) is 11.4 Å². The average molecular weight is 545 g/mol. The molecular weight excluding hydrogens is 510 g/mol. The molecule has 207 valence electrons. The molecule has 2 fully saturated rings. The number of nitrogens with one attached hydrogen (secondary N) is 1. The van der Waals surface area contributed by atoms with E-state index in [2.05, 4.69) is 80.5 Å². The van der Waals surface area contributed by atoms with Crippen LogP contribution in [-0.2, 0) is 11.3 Å². The molecule has 3 aliphatic heterocycles. The number of anilines is 2. The molecule has 7 rings (SSSR count). The molecule has 0 atom stereocenters. The van der Waals surface area contributed by atoms with Gasteiger partial charge >= 0.3 is 0 Å². The summed E-state index contributed by atoms with van der Waals surface area (Å²) in [5.74, 6) is 0.920. The maximum absolute atomic E-state index is 11.7. The number of para-hydroxylation sites is 2. The summed E-state index contributed by atoms with van der Waals surface area (Å²) in [6.07, 6.45) is 2.28. The van der Waals surface area contributed by atoms with Gasteiger partial charge in [0.2, 0.25) is 5.91 Å². The summed E-state index contributed by atoms with van der Waals surface area (Å²) in [4.78, 5) is 23.5. The zero-order chi connectivity index (χ0) is 27.8. The van der Waals surface area contributed by atoms with E-state index in [-0.39, 0.29) is 11.8 Å². The van der Waals surface area contributed by atoms with Crippen molar-refractivity contribution < 1.29 is 4.79 Å². The highest BCUT2D eigenvalue weighted by atomic mass is 16.2. The van der Waals surface area contributed by atoms with E-state index in [1.54, 1.807) is 6.92 Å². The minimum Gasteiger partial charge on any atom is -0.360 e. The third-order valence-electron chi connectivity index (χ3n) is 8.57. The molecule has 2 saturated heterocycles. The van der Waals surface area contributed by atoms with Gasteiger partial charge in [-0.3, -0.25) is 9.69 Å². The highest BCUT2D eigenvalue weighted by Gasteiger charge is 2.33. The van der Waals surface area contributed by atoms with Crippen molar-refractivity contribution in [1.82, 2.24) is 25.0 Å². The molecule has 41 heavy (non-hydrogen) atoms. The smallest absolute Gasteiger partial charge is 0.219 e. The van der Waals surface area contributed by atoms with Crippen LogP contribution in [0.15, 0.2) is 78.9 Å². The van der Waals surface area contributed by atoms with Gasteiger partial charge in [-0.15, -0.1) is 10.2 Å². The molecular formula is C33H34N7O. The fourth-order valence-corrected chi connectivity index (χ4v) is 6.12.